The lowest BCUT2D eigenvalue weighted by molar-refractivity contribution is -0.151. The Morgan fingerprint density at radius 2 is 2.35 bits per heavy atom. The second kappa shape index (κ2) is 7.45. The fourth-order valence-corrected chi connectivity index (χ4v) is 2.19. The second-order valence-corrected chi connectivity index (χ2v) is 4.35. The first-order chi connectivity index (χ1) is 8.24. The topological polar surface area (TPSA) is 55.6 Å². The molecule has 0 aromatic rings. The van der Waals surface area contributed by atoms with Crippen LogP contribution in [0.3, 0.4) is 0 Å². The van der Waals surface area contributed by atoms with Gasteiger partial charge in [-0.3, -0.25) is 9.69 Å². The molecule has 0 saturated carbocycles. The van der Waals surface area contributed by atoms with Gasteiger partial charge in [-0.15, -0.1) is 0 Å². The fraction of sp³-hybridized carbons (Fsp3) is 0.769. The van der Waals surface area contributed by atoms with Gasteiger partial charge in [-0.1, -0.05) is 26.0 Å². The normalized spacial score (nSPS) is 22.4. The highest BCUT2D eigenvalue weighted by Gasteiger charge is 2.30. The smallest absolute Gasteiger partial charge is 0.323 e. The number of hydrogen-bond acceptors (Lipinski definition) is 4. The van der Waals surface area contributed by atoms with Crippen molar-refractivity contribution in [1.29, 1.82) is 0 Å². The van der Waals surface area contributed by atoms with Crippen molar-refractivity contribution in [2.24, 2.45) is 5.73 Å². The second-order valence-electron chi connectivity index (χ2n) is 4.35. The van der Waals surface area contributed by atoms with Gasteiger partial charge < -0.3 is 10.5 Å². The summed E-state index contributed by atoms with van der Waals surface area (Å²) in [4.78, 5) is 14.1. The van der Waals surface area contributed by atoms with Crippen molar-refractivity contribution in [2.75, 3.05) is 19.7 Å². The van der Waals surface area contributed by atoms with Crippen molar-refractivity contribution >= 4 is 5.97 Å². The zero-order valence-corrected chi connectivity index (χ0v) is 10.9. The van der Waals surface area contributed by atoms with E-state index >= 15 is 0 Å². The number of hydrogen-bond donors (Lipinski definition) is 1. The molecule has 0 spiro atoms. The Hall–Kier alpha value is -0.870. The molecular weight excluding hydrogens is 216 g/mol. The third kappa shape index (κ3) is 3.82. The summed E-state index contributed by atoms with van der Waals surface area (Å²) >= 11 is 0. The summed E-state index contributed by atoms with van der Waals surface area (Å²) in [7, 11) is 0. The molecule has 4 nitrogen and oxygen atoms in total. The Morgan fingerprint density at radius 3 is 2.94 bits per heavy atom. The predicted octanol–water partition coefficient (Wildman–Crippen LogP) is 1.31. The highest BCUT2D eigenvalue weighted by atomic mass is 16.5. The molecule has 1 heterocycles. The summed E-state index contributed by atoms with van der Waals surface area (Å²) in [6, 6.07) is 0.0166. The van der Waals surface area contributed by atoms with Gasteiger partial charge in [0.1, 0.15) is 6.04 Å². The van der Waals surface area contributed by atoms with Gasteiger partial charge in [0, 0.05) is 19.1 Å². The highest BCUT2D eigenvalue weighted by Crippen LogP contribution is 2.16. The minimum absolute atomic E-state index is 0.108. The van der Waals surface area contributed by atoms with E-state index in [2.05, 4.69) is 17.1 Å². The van der Waals surface area contributed by atoms with Gasteiger partial charge >= 0.3 is 5.97 Å². The molecule has 0 aromatic carbocycles. The molecule has 4 heteroatoms. The maximum Gasteiger partial charge on any atom is 0.323 e. The Bertz CT molecular complexity index is 266. The Balaban J connectivity index is 2.64. The average molecular weight is 240 g/mol. The van der Waals surface area contributed by atoms with Gasteiger partial charge in [0.2, 0.25) is 0 Å². The average Bonchev–Trinajstić information content (AvgIpc) is 2.37. The van der Waals surface area contributed by atoms with Crippen molar-refractivity contribution in [1.82, 2.24) is 4.90 Å². The Morgan fingerprint density at radius 1 is 1.59 bits per heavy atom. The monoisotopic (exact) mass is 240 g/mol. The maximum atomic E-state index is 12.0. The van der Waals surface area contributed by atoms with Gasteiger partial charge in [-0.05, 0) is 19.3 Å². The molecule has 1 aliphatic rings. The van der Waals surface area contributed by atoms with Crippen LogP contribution >= 0.6 is 0 Å². The number of esters is 1. The zero-order chi connectivity index (χ0) is 12.7. The van der Waals surface area contributed by atoms with E-state index in [9.17, 15) is 4.79 Å². The molecule has 0 radical (unpaired) electrons. The van der Waals surface area contributed by atoms with E-state index in [0.29, 0.717) is 13.2 Å². The molecule has 0 aliphatic carbocycles. The minimum atomic E-state index is -0.153. The van der Waals surface area contributed by atoms with Crippen molar-refractivity contribution < 1.29 is 9.53 Å². The van der Waals surface area contributed by atoms with E-state index in [-0.39, 0.29) is 18.1 Å². The molecule has 0 aromatic heterocycles. The molecule has 1 rings (SSSR count). The van der Waals surface area contributed by atoms with Crippen LogP contribution < -0.4 is 5.73 Å². The Labute approximate surface area is 104 Å². The quantitative estimate of drug-likeness (QED) is 0.562. The summed E-state index contributed by atoms with van der Waals surface area (Å²) in [5, 5.41) is 0. The van der Waals surface area contributed by atoms with Gasteiger partial charge in [-0.2, -0.15) is 0 Å². The first kappa shape index (κ1) is 14.2. The first-order valence-corrected chi connectivity index (χ1v) is 6.53. The Kier molecular flexibility index (Phi) is 6.22. The predicted molar refractivity (Wildman–Crippen MR) is 68.6 cm³/mol. The lowest BCUT2D eigenvalue weighted by Crippen LogP contribution is -2.51. The highest BCUT2D eigenvalue weighted by molar-refractivity contribution is 5.75. The van der Waals surface area contributed by atoms with Gasteiger partial charge in [0.05, 0.1) is 6.61 Å². The molecule has 2 atom stereocenters. The number of ether oxygens (including phenoxy) is 1. The lowest BCUT2D eigenvalue weighted by Gasteiger charge is -2.36. The van der Waals surface area contributed by atoms with Crippen LogP contribution in [0.2, 0.25) is 0 Å². The van der Waals surface area contributed by atoms with Crippen LogP contribution in [0.5, 0.6) is 0 Å². The molecular formula is C13H24N2O2. The van der Waals surface area contributed by atoms with Crippen LogP contribution in [0.15, 0.2) is 12.2 Å². The molecule has 0 amide bonds. The van der Waals surface area contributed by atoms with Crippen LogP contribution in [0.1, 0.15) is 33.1 Å². The van der Waals surface area contributed by atoms with E-state index in [1.807, 2.05) is 13.8 Å². The van der Waals surface area contributed by atoms with Gasteiger partial charge in [0.15, 0.2) is 0 Å². The van der Waals surface area contributed by atoms with Crippen molar-refractivity contribution in [3.05, 3.63) is 12.2 Å². The number of nitrogens with two attached hydrogens (primary N) is 1. The summed E-state index contributed by atoms with van der Waals surface area (Å²) in [6.07, 6.45) is 6.85. The molecule has 1 aliphatic heterocycles. The third-order valence-electron chi connectivity index (χ3n) is 3.09. The standard InChI is InChI=1S/C13H24N2O2/c1-3-9-17-13(16)12(4-2)15-8-6-5-7-11(15)10-14/h5,7,11-12H,3-4,6,8-10,14H2,1-2H3. The molecule has 0 saturated heterocycles. The van der Waals surface area contributed by atoms with Crippen molar-refractivity contribution in [3.8, 4) is 0 Å². The van der Waals surface area contributed by atoms with Crippen LogP contribution in [0.25, 0.3) is 0 Å². The van der Waals surface area contributed by atoms with Crippen LogP contribution in [0, 0.1) is 0 Å². The molecule has 2 unspecified atom stereocenters. The van der Waals surface area contributed by atoms with Crippen molar-refractivity contribution in [3.63, 3.8) is 0 Å². The lowest BCUT2D eigenvalue weighted by atomic mass is 10.0. The molecule has 17 heavy (non-hydrogen) atoms. The minimum Gasteiger partial charge on any atom is -0.465 e. The molecule has 98 valence electrons. The first-order valence-electron chi connectivity index (χ1n) is 6.53. The number of rotatable bonds is 6. The summed E-state index contributed by atoms with van der Waals surface area (Å²) in [6.45, 7) is 5.96. The SMILES string of the molecule is CCCOC(=O)C(CC)N1CCC=CC1CN. The number of nitrogens with zero attached hydrogens (tertiary/aromatic N) is 1. The van der Waals surface area contributed by atoms with Crippen LogP contribution in [-0.4, -0.2) is 42.6 Å². The van der Waals surface area contributed by atoms with Crippen LogP contribution in [0.4, 0.5) is 0 Å². The van der Waals surface area contributed by atoms with Crippen molar-refractivity contribution in [2.45, 2.75) is 45.2 Å². The molecule has 2 N–H and O–H groups in total. The van der Waals surface area contributed by atoms with Gasteiger partial charge in [-0.25, -0.2) is 0 Å². The number of carbonyl (C=O) groups excluding carboxylic acids is 1. The number of carbonyl (C=O) groups is 1. The van der Waals surface area contributed by atoms with Gasteiger partial charge in [0.25, 0.3) is 0 Å². The maximum absolute atomic E-state index is 12.0. The molecule has 0 bridgehead atoms. The van der Waals surface area contributed by atoms with E-state index in [0.717, 1.165) is 25.8 Å². The van der Waals surface area contributed by atoms with E-state index in [4.69, 9.17) is 10.5 Å². The van der Waals surface area contributed by atoms with E-state index in [1.54, 1.807) is 0 Å². The van der Waals surface area contributed by atoms with Crippen LogP contribution in [-0.2, 0) is 9.53 Å². The fourth-order valence-electron chi connectivity index (χ4n) is 2.19. The van der Waals surface area contributed by atoms with E-state index in [1.165, 1.54) is 0 Å². The largest absolute Gasteiger partial charge is 0.465 e. The summed E-state index contributed by atoms with van der Waals surface area (Å²) < 4.78 is 5.24. The van der Waals surface area contributed by atoms with E-state index < -0.39 is 0 Å². The summed E-state index contributed by atoms with van der Waals surface area (Å²) in [5.74, 6) is -0.108. The molecule has 0 fully saturated rings. The summed E-state index contributed by atoms with van der Waals surface area (Å²) in [5.41, 5.74) is 5.74. The zero-order valence-electron chi connectivity index (χ0n) is 10.9. The third-order valence-corrected chi connectivity index (χ3v) is 3.09.